The lowest BCUT2D eigenvalue weighted by molar-refractivity contribution is -0.144. The fourth-order valence-electron chi connectivity index (χ4n) is 2.37. The summed E-state index contributed by atoms with van der Waals surface area (Å²) in [6.45, 7) is 6.70. The molecule has 1 heterocycles. The summed E-state index contributed by atoms with van der Waals surface area (Å²) in [6.07, 6.45) is 4.00. The Morgan fingerprint density at radius 3 is 2.86 bits per heavy atom. The Hall–Kier alpha value is -1.81. The van der Waals surface area contributed by atoms with Crippen LogP contribution in [-0.4, -0.2) is 23.7 Å². The number of unbranched alkanes of at least 4 members (excludes halogenated alkanes) is 1. The van der Waals surface area contributed by atoms with Gasteiger partial charge in [-0.3, -0.25) is 4.79 Å². The Labute approximate surface area is 126 Å². The number of hydrogen-bond acceptors (Lipinski definition) is 3. The van der Waals surface area contributed by atoms with Crippen molar-refractivity contribution in [3.8, 4) is 0 Å². The molecule has 0 unspecified atom stereocenters. The van der Waals surface area contributed by atoms with Gasteiger partial charge in [-0.25, -0.2) is 0 Å². The molecule has 2 aromatic rings. The molecule has 0 fully saturated rings. The van der Waals surface area contributed by atoms with Crippen molar-refractivity contribution in [2.75, 3.05) is 13.2 Å². The van der Waals surface area contributed by atoms with Crippen LogP contribution in [0.1, 0.15) is 32.3 Å². The number of carbonyl (C=O) groups excluding carboxylic acids is 1. The topological polar surface area (TPSA) is 43.3 Å². The average molecular weight is 288 g/mol. The van der Waals surface area contributed by atoms with Crippen LogP contribution >= 0.6 is 0 Å². The van der Waals surface area contributed by atoms with Crippen LogP contribution in [0.2, 0.25) is 0 Å². The highest BCUT2D eigenvalue weighted by atomic mass is 16.5. The van der Waals surface area contributed by atoms with Gasteiger partial charge in [-0.15, -0.1) is 0 Å². The fourth-order valence-corrected chi connectivity index (χ4v) is 2.37. The van der Waals surface area contributed by atoms with Gasteiger partial charge in [0, 0.05) is 23.6 Å². The van der Waals surface area contributed by atoms with Crippen LogP contribution < -0.4 is 5.32 Å². The largest absolute Gasteiger partial charge is 0.464 e. The second-order valence-electron chi connectivity index (χ2n) is 5.15. The lowest BCUT2D eigenvalue weighted by Gasteiger charge is -2.06. The molecule has 0 saturated heterocycles. The molecule has 0 spiro atoms. The summed E-state index contributed by atoms with van der Waals surface area (Å²) in [5.41, 5.74) is 2.30. The number of nitrogens with zero attached hydrogens (tertiary/aromatic N) is 1. The molecule has 21 heavy (non-hydrogen) atoms. The Morgan fingerprint density at radius 1 is 1.29 bits per heavy atom. The summed E-state index contributed by atoms with van der Waals surface area (Å²) in [6, 6.07) is 8.17. The molecular weight excluding hydrogens is 264 g/mol. The Bertz CT molecular complexity index is 589. The lowest BCUT2D eigenvalue weighted by Crippen LogP contribution is -2.14. The van der Waals surface area contributed by atoms with Crippen molar-refractivity contribution in [3.63, 3.8) is 0 Å². The first-order valence-corrected chi connectivity index (χ1v) is 7.69. The third kappa shape index (κ3) is 4.08. The zero-order valence-corrected chi connectivity index (χ0v) is 12.9. The monoisotopic (exact) mass is 288 g/mol. The zero-order chi connectivity index (χ0) is 15.1. The summed E-state index contributed by atoms with van der Waals surface area (Å²) >= 11 is 0. The molecule has 1 aromatic heterocycles. The van der Waals surface area contributed by atoms with Crippen LogP contribution in [0.15, 0.2) is 30.5 Å². The van der Waals surface area contributed by atoms with Crippen molar-refractivity contribution in [3.05, 3.63) is 36.0 Å². The van der Waals surface area contributed by atoms with Crippen molar-refractivity contribution < 1.29 is 9.53 Å². The number of ether oxygens (including phenoxy) is 1. The SMILES string of the molecule is CCCCOC(=O)Cn1cc(CNCC)c2ccccc21. The van der Waals surface area contributed by atoms with Gasteiger partial charge in [0.05, 0.1) is 6.61 Å². The maximum atomic E-state index is 11.9. The van der Waals surface area contributed by atoms with E-state index in [1.54, 1.807) is 0 Å². The minimum absolute atomic E-state index is 0.167. The van der Waals surface area contributed by atoms with Crippen LogP contribution in [0.4, 0.5) is 0 Å². The Morgan fingerprint density at radius 2 is 2.10 bits per heavy atom. The second kappa shape index (κ2) is 7.84. The molecular formula is C17H24N2O2. The molecule has 0 radical (unpaired) electrons. The van der Waals surface area contributed by atoms with Gasteiger partial charge in [-0.1, -0.05) is 38.5 Å². The van der Waals surface area contributed by atoms with E-state index < -0.39 is 0 Å². The fraction of sp³-hybridized carbons (Fsp3) is 0.471. The molecule has 114 valence electrons. The van der Waals surface area contributed by atoms with Gasteiger partial charge < -0.3 is 14.6 Å². The van der Waals surface area contributed by atoms with Crippen LogP contribution in [0.25, 0.3) is 10.9 Å². The summed E-state index contributed by atoms with van der Waals surface area (Å²) < 4.78 is 7.23. The molecule has 1 aromatic carbocycles. The molecule has 0 amide bonds. The van der Waals surface area contributed by atoms with Gasteiger partial charge in [0.25, 0.3) is 0 Å². The highest BCUT2D eigenvalue weighted by Crippen LogP contribution is 2.21. The zero-order valence-electron chi connectivity index (χ0n) is 12.9. The number of carbonyl (C=O) groups is 1. The van der Waals surface area contributed by atoms with Gasteiger partial charge in [0.2, 0.25) is 0 Å². The van der Waals surface area contributed by atoms with E-state index in [0.717, 1.165) is 31.4 Å². The summed E-state index contributed by atoms with van der Waals surface area (Å²) in [7, 11) is 0. The van der Waals surface area contributed by atoms with E-state index in [-0.39, 0.29) is 12.5 Å². The van der Waals surface area contributed by atoms with Crippen LogP contribution in [0.3, 0.4) is 0 Å². The van der Waals surface area contributed by atoms with Crippen molar-refractivity contribution in [1.29, 1.82) is 0 Å². The number of fused-ring (bicyclic) bond motifs is 1. The summed E-state index contributed by atoms with van der Waals surface area (Å²) in [5.74, 6) is -0.167. The molecule has 0 bridgehead atoms. The van der Waals surface area contributed by atoms with Crippen molar-refractivity contribution >= 4 is 16.9 Å². The Balaban J connectivity index is 2.13. The number of hydrogen-bond donors (Lipinski definition) is 1. The highest BCUT2D eigenvalue weighted by molar-refractivity contribution is 5.85. The van der Waals surface area contributed by atoms with E-state index in [1.165, 1.54) is 10.9 Å². The molecule has 1 N–H and O–H groups in total. The third-order valence-electron chi connectivity index (χ3n) is 3.50. The maximum Gasteiger partial charge on any atom is 0.325 e. The number of nitrogens with one attached hydrogen (secondary N) is 1. The summed E-state index contributed by atoms with van der Waals surface area (Å²) in [5, 5.41) is 4.53. The first-order chi connectivity index (χ1) is 10.3. The van der Waals surface area contributed by atoms with Crippen LogP contribution in [0.5, 0.6) is 0 Å². The number of esters is 1. The van der Waals surface area contributed by atoms with Gasteiger partial charge in [-0.05, 0) is 24.6 Å². The van der Waals surface area contributed by atoms with E-state index in [0.29, 0.717) is 6.61 Å². The van der Waals surface area contributed by atoms with Gasteiger partial charge in [-0.2, -0.15) is 0 Å². The third-order valence-corrected chi connectivity index (χ3v) is 3.50. The van der Waals surface area contributed by atoms with Crippen molar-refractivity contribution in [1.82, 2.24) is 9.88 Å². The lowest BCUT2D eigenvalue weighted by atomic mass is 10.2. The van der Waals surface area contributed by atoms with E-state index in [1.807, 2.05) is 22.8 Å². The molecule has 2 rings (SSSR count). The normalized spacial score (nSPS) is 11.0. The number of aromatic nitrogens is 1. The molecule has 4 nitrogen and oxygen atoms in total. The maximum absolute atomic E-state index is 11.9. The predicted molar refractivity (Wildman–Crippen MR) is 85.2 cm³/mol. The predicted octanol–water partition coefficient (Wildman–Crippen LogP) is 3.09. The Kier molecular flexibility index (Phi) is 5.81. The first kappa shape index (κ1) is 15.6. The molecule has 4 heteroatoms. The molecule has 0 aliphatic rings. The molecule has 0 saturated carbocycles. The molecule has 0 aliphatic carbocycles. The minimum Gasteiger partial charge on any atom is -0.464 e. The summed E-state index contributed by atoms with van der Waals surface area (Å²) in [4.78, 5) is 11.9. The first-order valence-electron chi connectivity index (χ1n) is 7.69. The van der Waals surface area contributed by atoms with E-state index in [2.05, 4.69) is 31.4 Å². The van der Waals surface area contributed by atoms with Crippen molar-refractivity contribution in [2.24, 2.45) is 0 Å². The van der Waals surface area contributed by atoms with Gasteiger partial charge in [0.1, 0.15) is 6.54 Å². The van der Waals surface area contributed by atoms with E-state index in [4.69, 9.17) is 4.74 Å². The van der Waals surface area contributed by atoms with E-state index in [9.17, 15) is 4.79 Å². The van der Waals surface area contributed by atoms with Gasteiger partial charge >= 0.3 is 5.97 Å². The molecule has 0 atom stereocenters. The average Bonchev–Trinajstić information content (AvgIpc) is 2.84. The van der Waals surface area contributed by atoms with Gasteiger partial charge in [0.15, 0.2) is 0 Å². The highest BCUT2D eigenvalue weighted by Gasteiger charge is 2.11. The van der Waals surface area contributed by atoms with Crippen LogP contribution in [-0.2, 0) is 22.6 Å². The standard InChI is InChI=1S/C17H24N2O2/c1-3-5-10-21-17(20)13-19-12-14(11-18-4-2)15-8-6-7-9-16(15)19/h6-9,12,18H,3-5,10-11,13H2,1-2H3. The molecule has 0 aliphatic heterocycles. The van der Waals surface area contributed by atoms with Crippen LogP contribution in [0, 0.1) is 0 Å². The number of para-hydroxylation sites is 1. The van der Waals surface area contributed by atoms with Crippen molar-refractivity contribution in [2.45, 2.75) is 39.8 Å². The van der Waals surface area contributed by atoms with E-state index >= 15 is 0 Å². The minimum atomic E-state index is -0.167. The number of benzene rings is 1. The second-order valence-corrected chi connectivity index (χ2v) is 5.15. The quantitative estimate of drug-likeness (QED) is 0.599. The number of rotatable bonds is 8. The smallest absolute Gasteiger partial charge is 0.325 e.